The van der Waals surface area contributed by atoms with Crippen molar-refractivity contribution in [1.29, 1.82) is 0 Å². The molecule has 0 aliphatic rings. The van der Waals surface area contributed by atoms with Gasteiger partial charge < -0.3 is 4.74 Å². The van der Waals surface area contributed by atoms with Crippen LogP contribution in [0.4, 0.5) is 0 Å². The molecule has 0 unspecified atom stereocenters. The zero-order chi connectivity index (χ0) is 14.5. The molecule has 0 aromatic heterocycles. The molecule has 0 N–H and O–H groups in total. The monoisotopic (exact) mass is 306 g/mol. The Morgan fingerprint density at radius 3 is 2.10 bits per heavy atom. The number of benzene rings is 3. The van der Waals surface area contributed by atoms with Gasteiger partial charge in [0, 0.05) is 4.90 Å². The lowest BCUT2D eigenvalue weighted by Crippen LogP contribution is -2.28. The Hall–Kier alpha value is -1.97. The molecule has 21 heavy (non-hydrogen) atoms. The van der Waals surface area contributed by atoms with Gasteiger partial charge in [-0.1, -0.05) is 65.9 Å². The fraction of sp³-hybridized carbons (Fsp3) is 0. The van der Waals surface area contributed by atoms with E-state index >= 15 is 0 Å². The molecule has 0 aliphatic heterocycles. The molecule has 0 aliphatic carbocycles. The Kier molecular flexibility index (Phi) is 4.43. The van der Waals surface area contributed by atoms with Gasteiger partial charge in [-0.25, -0.2) is 0 Å². The molecule has 3 heteroatoms. The lowest BCUT2D eigenvalue weighted by Gasteiger charge is -2.13. The summed E-state index contributed by atoms with van der Waals surface area (Å²) < 4.78 is 6.04. The van der Waals surface area contributed by atoms with Crippen LogP contribution in [0, 0.1) is 0 Å². The molecule has 0 heterocycles. The molecular weight excluding hydrogens is 292 g/mol. The number of hydrogen-bond donors (Lipinski definition) is 1. The molecule has 3 aromatic rings. The lowest BCUT2D eigenvalue weighted by atomic mass is 10.3. The molecular formula is C18H14OSSi. The van der Waals surface area contributed by atoms with E-state index in [1.165, 1.54) is 5.19 Å². The summed E-state index contributed by atoms with van der Waals surface area (Å²) >= 11 is 4.54. The molecule has 0 saturated heterocycles. The summed E-state index contributed by atoms with van der Waals surface area (Å²) in [5.74, 6) is 1.67. The first kappa shape index (κ1) is 14.0. The van der Waals surface area contributed by atoms with Crippen LogP contribution in [0.3, 0.4) is 0 Å². The Balaban J connectivity index is 1.92. The second kappa shape index (κ2) is 6.65. The molecule has 2 radical (unpaired) electrons. The summed E-state index contributed by atoms with van der Waals surface area (Å²) in [5.41, 5.74) is 0. The van der Waals surface area contributed by atoms with Crippen molar-refractivity contribution in [2.24, 2.45) is 0 Å². The largest absolute Gasteiger partial charge is 0.456 e. The zero-order valence-corrected chi connectivity index (χ0v) is 13.3. The number of thiol groups is 1. The van der Waals surface area contributed by atoms with Gasteiger partial charge in [-0.05, 0) is 23.4 Å². The molecule has 0 amide bonds. The van der Waals surface area contributed by atoms with Crippen LogP contribution in [0.5, 0.6) is 11.5 Å². The third kappa shape index (κ3) is 3.57. The van der Waals surface area contributed by atoms with E-state index in [9.17, 15) is 0 Å². The molecule has 1 nitrogen and oxygen atoms in total. The van der Waals surface area contributed by atoms with Gasteiger partial charge in [0.2, 0.25) is 0 Å². The van der Waals surface area contributed by atoms with E-state index in [2.05, 4.69) is 43.0 Å². The maximum absolute atomic E-state index is 6.04. The fourth-order valence-electron chi connectivity index (χ4n) is 2.01. The summed E-state index contributed by atoms with van der Waals surface area (Å²) in [4.78, 5) is 0.861. The Morgan fingerprint density at radius 2 is 1.38 bits per heavy atom. The van der Waals surface area contributed by atoms with Crippen LogP contribution >= 0.6 is 12.6 Å². The van der Waals surface area contributed by atoms with Gasteiger partial charge in [0.25, 0.3) is 0 Å². The Bertz CT molecular complexity index is 714. The second-order valence-electron chi connectivity index (χ2n) is 4.56. The number of hydrogen-bond acceptors (Lipinski definition) is 2. The smallest absolute Gasteiger partial charge is 0.139 e. The Morgan fingerprint density at radius 1 is 0.714 bits per heavy atom. The van der Waals surface area contributed by atoms with E-state index in [-0.39, 0.29) is 0 Å². The van der Waals surface area contributed by atoms with Crippen LogP contribution in [0.25, 0.3) is 0 Å². The summed E-state index contributed by atoms with van der Waals surface area (Å²) in [5, 5.41) is 2.45. The maximum atomic E-state index is 6.04. The molecule has 3 aromatic carbocycles. The van der Waals surface area contributed by atoms with E-state index in [0.717, 1.165) is 21.6 Å². The minimum absolute atomic E-state index is 0.550. The molecule has 0 fully saturated rings. The maximum Gasteiger partial charge on any atom is 0.139 e. The van der Waals surface area contributed by atoms with E-state index in [0.29, 0.717) is 9.52 Å². The van der Waals surface area contributed by atoms with Gasteiger partial charge in [0.15, 0.2) is 0 Å². The molecule has 0 bridgehead atoms. The van der Waals surface area contributed by atoms with Crippen LogP contribution in [0.1, 0.15) is 0 Å². The van der Waals surface area contributed by atoms with Crippen LogP contribution in [0.2, 0.25) is 0 Å². The van der Waals surface area contributed by atoms with Crippen LogP contribution in [-0.2, 0) is 0 Å². The SMILES string of the molecule is Sc1cccc([Si]c2ccccc2)c1Oc1ccccc1. The zero-order valence-electron chi connectivity index (χ0n) is 11.4. The first-order valence-electron chi connectivity index (χ1n) is 6.70. The van der Waals surface area contributed by atoms with E-state index < -0.39 is 0 Å². The highest BCUT2D eigenvalue weighted by Gasteiger charge is 2.10. The van der Waals surface area contributed by atoms with E-state index in [4.69, 9.17) is 4.74 Å². The topological polar surface area (TPSA) is 9.23 Å². The van der Waals surface area contributed by atoms with Crippen LogP contribution in [0.15, 0.2) is 83.8 Å². The number of para-hydroxylation sites is 2. The number of rotatable bonds is 4. The molecule has 0 spiro atoms. The highest BCUT2D eigenvalue weighted by atomic mass is 32.1. The van der Waals surface area contributed by atoms with E-state index in [1.807, 2.05) is 48.5 Å². The summed E-state index contributed by atoms with van der Waals surface area (Å²) in [7, 11) is 0.550. The van der Waals surface area contributed by atoms with Crippen molar-refractivity contribution in [3.63, 3.8) is 0 Å². The van der Waals surface area contributed by atoms with Crippen molar-refractivity contribution < 1.29 is 4.74 Å². The first-order chi connectivity index (χ1) is 10.3. The minimum atomic E-state index is 0.550. The average Bonchev–Trinajstić information content (AvgIpc) is 2.53. The predicted octanol–water partition coefficient (Wildman–Crippen LogP) is 3.42. The second-order valence-corrected chi connectivity index (χ2v) is 6.41. The van der Waals surface area contributed by atoms with Crippen molar-refractivity contribution in [3.05, 3.63) is 78.9 Å². The lowest BCUT2D eigenvalue weighted by molar-refractivity contribution is 0.475. The average molecular weight is 306 g/mol. The van der Waals surface area contributed by atoms with Crippen LogP contribution < -0.4 is 15.1 Å². The molecule has 102 valence electrons. The van der Waals surface area contributed by atoms with Gasteiger partial charge in [-0.2, -0.15) is 0 Å². The summed E-state index contributed by atoms with van der Waals surface area (Å²) in [6.07, 6.45) is 0. The predicted molar refractivity (Wildman–Crippen MR) is 91.7 cm³/mol. The summed E-state index contributed by atoms with van der Waals surface area (Å²) in [6.45, 7) is 0. The first-order valence-corrected chi connectivity index (χ1v) is 8.14. The van der Waals surface area contributed by atoms with Crippen LogP contribution in [-0.4, -0.2) is 9.52 Å². The van der Waals surface area contributed by atoms with Gasteiger partial charge in [0.1, 0.15) is 21.0 Å². The van der Waals surface area contributed by atoms with Crippen molar-refractivity contribution in [2.45, 2.75) is 4.90 Å². The van der Waals surface area contributed by atoms with Gasteiger partial charge in [0.05, 0.1) is 0 Å². The highest BCUT2D eigenvalue weighted by molar-refractivity contribution is 7.80. The number of ether oxygens (including phenoxy) is 1. The quantitative estimate of drug-likeness (QED) is 0.574. The third-order valence-corrected chi connectivity index (χ3v) is 4.65. The standard InChI is InChI=1S/C18H14OSSi/c20-16-12-7-13-17(21-15-10-5-2-6-11-15)18(16)19-14-8-3-1-4-9-14/h1-13,20H. The van der Waals surface area contributed by atoms with Crippen molar-refractivity contribution >= 4 is 32.5 Å². The highest BCUT2D eigenvalue weighted by Crippen LogP contribution is 2.25. The third-order valence-electron chi connectivity index (χ3n) is 3.01. The van der Waals surface area contributed by atoms with Gasteiger partial charge >= 0.3 is 0 Å². The minimum Gasteiger partial charge on any atom is -0.456 e. The normalized spacial score (nSPS) is 10.3. The van der Waals surface area contributed by atoms with Gasteiger partial charge in [-0.15, -0.1) is 12.6 Å². The molecule has 0 saturated carbocycles. The van der Waals surface area contributed by atoms with Crippen molar-refractivity contribution in [3.8, 4) is 11.5 Å². The van der Waals surface area contributed by atoms with Crippen molar-refractivity contribution in [1.82, 2.24) is 0 Å². The Labute approximate surface area is 132 Å². The van der Waals surface area contributed by atoms with E-state index in [1.54, 1.807) is 0 Å². The van der Waals surface area contributed by atoms with Crippen molar-refractivity contribution in [2.75, 3.05) is 0 Å². The van der Waals surface area contributed by atoms with Gasteiger partial charge in [-0.3, -0.25) is 0 Å². The fourth-order valence-corrected chi connectivity index (χ4v) is 3.52. The summed E-state index contributed by atoms with van der Waals surface area (Å²) in [6, 6.07) is 26.3. The molecule has 3 rings (SSSR count). The molecule has 0 atom stereocenters.